The van der Waals surface area contributed by atoms with E-state index in [0.29, 0.717) is 12.1 Å². The summed E-state index contributed by atoms with van der Waals surface area (Å²) >= 11 is 0. The summed E-state index contributed by atoms with van der Waals surface area (Å²) in [4.78, 5) is 23.7. The van der Waals surface area contributed by atoms with Crippen molar-refractivity contribution in [2.75, 3.05) is 13.1 Å². The van der Waals surface area contributed by atoms with Crippen LogP contribution in [0, 0.1) is 0 Å². The maximum Gasteiger partial charge on any atom is 0.253 e. The third-order valence-corrected chi connectivity index (χ3v) is 4.81. The van der Waals surface area contributed by atoms with Crippen LogP contribution in [0.1, 0.15) is 47.7 Å². The number of nitrogens with one attached hydrogen (secondary N) is 1. The Morgan fingerprint density at radius 1 is 1.36 bits per heavy atom. The Kier molecular flexibility index (Phi) is 4.17. The van der Waals surface area contributed by atoms with Crippen molar-refractivity contribution in [3.05, 3.63) is 53.7 Å². The number of H-pyrrole nitrogens is 1. The third kappa shape index (κ3) is 3.12. The summed E-state index contributed by atoms with van der Waals surface area (Å²) in [6, 6.07) is 9.58. The van der Waals surface area contributed by atoms with E-state index in [1.54, 1.807) is 6.20 Å². The van der Waals surface area contributed by atoms with Gasteiger partial charge < -0.3 is 4.90 Å². The molecule has 3 aromatic rings. The molecule has 0 spiro atoms. The highest BCUT2D eigenvalue weighted by molar-refractivity contribution is 5.98. The van der Waals surface area contributed by atoms with Gasteiger partial charge in [0.15, 0.2) is 5.82 Å². The number of amides is 1. The molecule has 4 rings (SSSR count). The molecule has 0 bridgehead atoms. The first-order valence-corrected chi connectivity index (χ1v) is 8.80. The fraction of sp³-hybridized carbons (Fsp3) is 0.368. The van der Waals surface area contributed by atoms with Gasteiger partial charge in [-0.15, -0.1) is 0 Å². The molecule has 1 saturated heterocycles. The van der Waals surface area contributed by atoms with Crippen LogP contribution in [0.2, 0.25) is 0 Å². The van der Waals surface area contributed by atoms with Crippen LogP contribution in [-0.4, -0.2) is 44.1 Å². The number of piperidine rings is 1. The van der Waals surface area contributed by atoms with Crippen LogP contribution in [0.3, 0.4) is 0 Å². The first-order valence-electron chi connectivity index (χ1n) is 8.80. The van der Waals surface area contributed by atoms with E-state index >= 15 is 0 Å². The summed E-state index contributed by atoms with van der Waals surface area (Å²) in [5, 5.41) is 8.30. The highest BCUT2D eigenvalue weighted by Gasteiger charge is 2.28. The largest absolute Gasteiger partial charge is 0.338 e. The van der Waals surface area contributed by atoms with Crippen LogP contribution >= 0.6 is 0 Å². The summed E-state index contributed by atoms with van der Waals surface area (Å²) in [6.45, 7) is 3.51. The zero-order chi connectivity index (χ0) is 17.2. The molecule has 6 heteroatoms. The fourth-order valence-electron chi connectivity index (χ4n) is 3.41. The SMILES string of the molecule is CCc1nc(C2CCCN(C(=O)c3ccc4ncccc4c3)C2)n[nH]1. The Bertz CT molecular complexity index is 903. The van der Waals surface area contributed by atoms with E-state index in [9.17, 15) is 4.79 Å². The summed E-state index contributed by atoms with van der Waals surface area (Å²) in [6.07, 6.45) is 4.60. The first kappa shape index (κ1) is 15.7. The Labute approximate surface area is 146 Å². The van der Waals surface area contributed by atoms with Crippen molar-refractivity contribution in [3.63, 3.8) is 0 Å². The Morgan fingerprint density at radius 3 is 3.12 bits per heavy atom. The van der Waals surface area contributed by atoms with Gasteiger partial charge >= 0.3 is 0 Å². The van der Waals surface area contributed by atoms with Gasteiger partial charge in [0.1, 0.15) is 5.82 Å². The van der Waals surface area contributed by atoms with Crippen LogP contribution in [0.5, 0.6) is 0 Å². The molecule has 1 atom stereocenters. The Hall–Kier alpha value is -2.76. The lowest BCUT2D eigenvalue weighted by atomic mass is 9.96. The van der Waals surface area contributed by atoms with Gasteiger partial charge in [-0.05, 0) is 37.1 Å². The molecule has 25 heavy (non-hydrogen) atoms. The standard InChI is InChI=1S/C19H21N5O/c1-2-17-21-18(23-22-17)15-6-4-10-24(12-15)19(25)14-7-8-16-13(11-14)5-3-9-20-16/h3,5,7-9,11,15H,2,4,6,10,12H2,1H3,(H,21,22,23). The number of carbonyl (C=O) groups excluding carboxylic acids is 1. The van der Waals surface area contributed by atoms with Gasteiger partial charge in [0.25, 0.3) is 5.91 Å². The van der Waals surface area contributed by atoms with E-state index in [1.807, 2.05) is 35.2 Å². The van der Waals surface area contributed by atoms with Gasteiger partial charge in [-0.3, -0.25) is 14.9 Å². The summed E-state index contributed by atoms with van der Waals surface area (Å²) in [5.41, 5.74) is 1.62. The predicted molar refractivity (Wildman–Crippen MR) is 95.4 cm³/mol. The number of carbonyl (C=O) groups is 1. The van der Waals surface area contributed by atoms with Gasteiger partial charge in [0.2, 0.25) is 0 Å². The molecule has 1 amide bonds. The molecule has 128 valence electrons. The molecule has 1 N–H and O–H groups in total. The highest BCUT2D eigenvalue weighted by Crippen LogP contribution is 2.26. The maximum atomic E-state index is 12.9. The molecule has 3 heterocycles. The van der Waals surface area contributed by atoms with E-state index in [4.69, 9.17) is 0 Å². The van der Waals surface area contributed by atoms with Gasteiger partial charge in [-0.2, -0.15) is 5.10 Å². The van der Waals surface area contributed by atoms with Crippen molar-refractivity contribution in [1.29, 1.82) is 0 Å². The Morgan fingerprint density at radius 2 is 2.28 bits per heavy atom. The lowest BCUT2D eigenvalue weighted by Crippen LogP contribution is -2.39. The van der Waals surface area contributed by atoms with Crippen LogP contribution in [0.15, 0.2) is 36.5 Å². The number of nitrogens with zero attached hydrogens (tertiary/aromatic N) is 4. The molecule has 1 aliphatic rings. The van der Waals surface area contributed by atoms with Crippen molar-refractivity contribution in [2.45, 2.75) is 32.1 Å². The molecular formula is C19H21N5O. The quantitative estimate of drug-likeness (QED) is 0.798. The van der Waals surface area contributed by atoms with Crippen molar-refractivity contribution in [3.8, 4) is 0 Å². The zero-order valence-corrected chi connectivity index (χ0v) is 14.3. The lowest BCUT2D eigenvalue weighted by molar-refractivity contribution is 0.0705. The number of aromatic nitrogens is 4. The molecule has 1 unspecified atom stereocenters. The molecule has 1 aliphatic heterocycles. The molecular weight excluding hydrogens is 314 g/mol. The molecule has 0 aliphatic carbocycles. The minimum Gasteiger partial charge on any atom is -0.338 e. The second-order valence-corrected chi connectivity index (χ2v) is 6.50. The van der Waals surface area contributed by atoms with E-state index in [2.05, 4.69) is 27.1 Å². The van der Waals surface area contributed by atoms with Crippen LogP contribution < -0.4 is 0 Å². The third-order valence-electron chi connectivity index (χ3n) is 4.81. The smallest absolute Gasteiger partial charge is 0.253 e. The molecule has 1 aromatic carbocycles. The molecule has 0 radical (unpaired) electrons. The number of fused-ring (bicyclic) bond motifs is 1. The van der Waals surface area contributed by atoms with Crippen molar-refractivity contribution >= 4 is 16.8 Å². The number of aryl methyl sites for hydroxylation is 1. The van der Waals surface area contributed by atoms with Crippen molar-refractivity contribution in [2.24, 2.45) is 0 Å². The number of rotatable bonds is 3. The number of hydrogen-bond acceptors (Lipinski definition) is 4. The average molecular weight is 335 g/mol. The summed E-state index contributed by atoms with van der Waals surface area (Å²) in [7, 11) is 0. The summed E-state index contributed by atoms with van der Waals surface area (Å²) < 4.78 is 0. The van der Waals surface area contributed by atoms with E-state index < -0.39 is 0 Å². The molecule has 0 saturated carbocycles. The van der Waals surface area contributed by atoms with E-state index in [1.165, 1.54) is 0 Å². The van der Waals surface area contributed by atoms with Crippen LogP contribution in [0.25, 0.3) is 10.9 Å². The fourth-order valence-corrected chi connectivity index (χ4v) is 3.41. The van der Waals surface area contributed by atoms with Crippen molar-refractivity contribution in [1.82, 2.24) is 25.1 Å². The number of likely N-dealkylation sites (tertiary alicyclic amines) is 1. The molecule has 1 fully saturated rings. The minimum absolute atomic E-state index is 0.0710. The Balaban J connectivity index is 1.54. The normalized spacial score (nSPS) is 17.8. The second kappa shape index (κ2) is 6.63. The zero-order valence-electron chi connectivity index (χ0n) is 14.3. The first-order chi connectivity index (χ1) is 12.2. The van der Waals surface area contributed by atoms with E-state index in [-0.39, 0.29) is 11.8 Å². The monoisotopic (exact) mass is 335 g/mol. The highest BCUT2D eigenvalue weighted by atomic mass is 16.2. The minimum atomic E-state index is 0.0710. The number of hydrogen-bond donors (Lipinski definition) is 1. The van der Waals surface area contributed by atoms with E-state index in [0.717, 1.165) is 48.4 Å². The molecule has 6 nitrogen and oxygen atoms in total. The van der Waals surface area contributed by atoms with Crippen LogP contribution in [-0.2, 0) is 6.42 Å². The molecule has 2 aromatic heterocycles. The average Bonchev–Trinajstić information content (AvgIpc) is 3.16. The number of benzene rings is 1. The van der Waals surface area contributed by atoms with Crippen LogP contribution in [0.4, 0.5) is 0 Å². The van der Waals surface area contributed by atoms with Crippen molar-refractivity contribution < 1.29 is 4.79 Å². The topological polar surface area (TPSA) is 74.8 Å². The van der Waals surface area contributed by atoms with Gasteiger partial charge in [0.05, 0.1) is 5.52 Å². The maximum absolute atomic E-state index is 12.9. The summed E-state index contributed by atoms with van der Waals surface area (Å²) in [5.74, 6) is 2.01. The van der Waals surface area contributed by atoms with Gasteiger partial charge in [-0.25, -0.2) is 4.98 Å². The van der Waals surface area contributed by atoms with Gasteiger partial charge in [0, 0.05) is 42.6 Å². The second-order valence-electron chi connectivity index (χ2n) is 6.50. The number of pyridine rings is 1. The lowest BCUT2D eigenvalue weighted by Gasteiger charge is -2.31. The predicted octanol–water partition coefficient (Wildman–Crippen LogP) is 2.94. The number of aromatic amines is 1. The van der Waals surface area contributed by atoms with Gasteiger partial charge in [-0.1, -0.05) is 13.0 Å².